The van der Waals surface area contributed by atoms with E-state index >= 15 is 0 Å². The number of ether oxygens (including phenoxy) is 1. The van der Waals surface area contributed by atoms with Crippen molar-refractivity contribution >= 4 is 35.3 Å². The number of fused-ring (bicyclic) bond motifs is 1. The zero-order valence-corrected chi connectivity index (χ0v) is 21.4. The molecule has 2 aromatic heterocycles. The van der Waals surface area contributed by atoms with E-state index in [0.29, 0.717) is 54.6 Å². The average molecular weight is 512 g/mol. The lowest BCUT2D eigenvalue weighted by Gasteiger charge is -2.36. The van der Waals surface area contributed by atoms with Crippen molar-refractivity contribution in [3.63, 3.8) is 0 Å². The zero-order chi connectivity index (χ0) is 26.6. The third kappa shape index (κ3) is 5.06. The summed E-state index contributed by atoms with van der Waals surface area (Å²) in [6.45, 7) is 8.30. The number of hydrogen-bond donors (Lipinski definition) is 2. The molecule has 3 heterocycles. The summed E-state index contributed by atoms with van der Waals surface area (Å²) in [7, 11) is 1.56. The standard InChI is InChI=1S/C28H29N7O3/c1-18-25(31-17-30-18)16-29-19(2)34-10-12-35(13-11-34)28(37)23-14-20(8-9-26(23)38-3)15-24-21-6-4-5-7-22(21)27(36)33-32-24/h4-9,14,16-17H,1,10-13,15H2,2-3H3,(H,30,31)(H,33,36)/b25-16+,29-19?. The Labute approximate surface area is 219 Å². The minimum atomic E-state index is -0.222. The molecule has 10 heteroatoms. The number of rotatable bonds is 5. The van der Waals surface area contributed by atoms with E-state index in [4.69, 9.17) is 4.74 Å². The second-order valence-corrected chi connectivity index (χ2v) is 9.11. The van der Waals surface area contributed by atoms with E-state index in [1.54, 1.807) is 25.7 Å². The van der Waals surface area contributed by atoms with Crippen LogP contribution in [0, 0.1) is 0 Å². The number of benzene rings is 2. The second kappa shape index (κ2) is 10.7. The van der Waals surface area contributed by atoms with Crippen molar-refractivity contribution in [2.45, 2.75) is 13.3 Å². The number of imidazole rings is 1. The molecule has 1 aliphatic rings. The smallest absolute Gasteiger partial charge is 0.272 e. The van der Waals surface area contributed by atoms with Gasteiger partial charge in [-0.2, -0.15) is 5.10 Å². The predicted octanol–water partition coefficient (Wildman–Crippen LogP) is 1.27. The SMILES string of the molecule is C=c1[nH]cn/c1=C/N=C(C)N1CCN(C(=O)c2cc(Cc3n[nH]c(=O)c4ccccc34)ccc2OC)CC1. The Balaban J connectivity index is 1.32. The van der Waals surface area contributed by atoms with Crippen LogP contribution in [0.2, 0.25) is 0 Å². The highest BCUT2D eigenvalue weighted by Crippen LogP contribution is 2.25. The fourth-order valence-corrected chi connectivity index (χ4v) is 4.61. The largest absolute Gasteiger partial charge is 0.496 e. The summed E-state index contributed by atoms with van der Waals surface area (Å²) < 4.78 is 5.53. The Morgan fingerprint density at radius 2 is 1.87 bits per heavy atom. The Hall–Kier alpha value is -4.73. The summed E-state index contributed by atoms with van der Waals surface area (Å²) in [5, 5.41) is 9.66. The number of methoxy groups -OCH3 is 1. The molecule has 0 aliphatic carbocycles. The number of nitrogens with zero attached hydrogens (tertiary/aromatic N) is 5. The van der Waals surface area contributed by atoms with Gasteiger partial charge < -0.3 is 19.5 Å². The van der Waals surface area contributed by atoms with Gasteiger partial charge in [0.15, 0.2) is 0 Å². The van der Waals surface area contributed by atoms with Gasteiger partial charge in [0.25, 0.3) is 11.5 Å². The van der Waals surface area contributed by atoms with Gasteiger partial charge in [0.2, 0.25) is 0 Å². The average Bonchev–Trinajstić information content (AvgIpc) is 3.37. The number of nitrogens with one attached hydrogen (secondary N) is 2. The van der Waals surface area contributed by atoms with E-state index in [0.717, 1.165) is 27.8 Å². The molecule has 5 rings (SSSR count). The lowest BCUT2D eigenvalue weighted by molar-refractivity contribution is 0.0688. The topological polar surface area (TPSA) is 120 Å². The van der Waals surface area contributed by atoms with Gasteiger partial charge in [-0.05, 0) is 30.7 Å². The first-order valence-electron chi connectivity index (χ1n) is 12.3. The number of amidine groups is 1. The number of aromatic nitrogens is 4. The summed E-state index contributed by atoms with van der Waals surface area (Å²) in [4.78, 5) is 41.3. The molecule has 0 unspecified atom stereocenters. The molecule has 1 amide bonds. The fourth-order valence-electron chi connectivity index (χ4n) is 4.61. The van der Waals surface area contributed by atoms with Crippen LogP contribution in [-0.4, -0.2) is 75.0 Å². The van der Waals surface area contributed by atoms with Crippen LogP contribution in [0.15, 0.2) is 58.6 Å². The summed E-state index contributed by atoms with van der Waals surface area (Å²) in [5.41, 5.74) is 1.93. The van der Waals surface area contributed by atoms with Gasteiger partial charge >= 0.3 is 0 Å². The molecular formula is C28H29N7O3. The quantitative estimate of drug-likeness (QED) is 0.308. The van der Waals surface area contributed by atoms with Crippen LogP contribution >= 0.6 is 0 Å². The van der Waals surface area contributed by atoms with Crippen molar-refractivity contribution in [3.05, 3.63) is 86.7 Å². The molecule has 0 radical (unpaired) electrons. The van der Waals surface area contributed by atoms with Crippen LogP contribution in [0.4, 0.5) is 0 Å². The zero-order valence-electron chi connectivity index (χ0n) is 21.4. The van der Waals surface area contributed by atoms with Gasteiger partial charge in [0.1, 0.15) is 16.9 Å². The third-order valence-electron chi connectivity index (χ3n) is 6.79. The minimum absolute atomic E-state index is 0.0815. The van der Waals surface area contributed by atoms with Crippen LogP contribution in [0.5, 0.6) is 5.75 Å². The van der Waals surface area contributed by atoms with Crippen molar-refractivity contribution in [3.8, 4) is 5.75 Å². The molecule has 194 valence electrons. The molecule has 0 spiro atoms. The first-order valence-corrected chi connectivity index (χ1v) is 12.3. The molecule has 0 atom stereocenters. The second-order valence-electron chi connectivity index (χ2n) is 9.11. The molecule has 10 nitrogen and oxygen atoms in total. The Morgan fingerprint density at radius 3 is 2.58 bits per heavy atom. The van der Waals surface area contributed by atoms with Gasteiger partial charge in [0.05, 0.1) is 41.6 Å². The van der Waals surface area contributed by atoms with Crippen molar-refractivity contribution < 1.29 is 9.53 Å². The summed E-state index contributed by atoms with van der Waals surface area (Å²) in [6, 6.07) is 13.0. The fraction of sp³-hybridized carbons (Fsp3) is 0.250. The first kappa shape index (κ1) is 24.9. The summed E-state index contributed by atoms with van der Waals surface area (Å²) in [6.07, 6.45) is 3.75. The third-order valence-corrected chi connectivity index (χ3v) is 6.79. The highest BCUT2D eigenvalue weighted by atomic mass is 16.5. The number of aliphatic imine (C=N–C) groups is 1. The lowest BCUT2D eigenvalue weighted by atomic mass is 10.0. The van der Waals surface area contributed by atoms with E-state index in [-0.39, 0.29) is 11.5 Å². The van der Waals surface area contributed by atoms with Crippen molar-refractivity contribution in [1.82, 2.24) is 30.0 Å². The predicted molar refractivity (Wildman–Crippen MR) is 147 cm³/mol. The molecule has 0 saturated carbocycles. The Kier molecular flexibility index (Phi) is 7.03. The summed E-state index contributed by atoms with van der Waals surface area (Å²) in [5.74, 6) is 1.30. The highest BCUT2D eigenvalue weighted by molar-refractivity contribution is 5.97. The molecule has 2 N–H and O–H groups in total. The number of carbonyl (C=O) groups excluding carboxylic acids is 1. The maximum Gasteiger partial charge on any atom is 0.272 e. The van der Waals surface area contributed by atoms with Crippen LogP contribution in [0.1, 0.15) is 28.5 Å². The van der Waals surface area contributed by atoms with Gasteiger partial charge in [-0.15, -0.1) is 0 Å². The number of hydrogen-bond acceptors (Lipinski definition) is 6. The number of amides is 1. The van der Waals surface area contributed by atoms with Crippen molar-refractivity contribution in [2.75, 3.05) is 33.3 Å². The molecule has 2 aromatic carbocycles. The number of carbonyl (C=O) groups is 1. The molecule has 38 heavy (non-hydrogen) atoms. The van der Waals surface area contributed by atoms with E-state index in [1.165, 1.54) is 0 Å². The number of H-pyrrole nitrogens is 2. The van der Waals surface area contributed by atoms with Gasteiger partial charge in [-0.1, -0.05) is 30.8 Å². The van der Waals surface area contributed by atoms with Crippen LogP contribution in [0.25, 0.3) is 23.6 Å². The molecule has 0 bridgehead atoms. The maximum absolute atomic E-state index is 13.5. The molecule has 4 aromatic rings. The Bertz CT molecular complexity index is 1680. The van der Waals surface area contributed by atoms with Crippen molar-refractivity contribution in [2.24, 2.45) is 4.99 Å². The van der Waals surface area contributed by atoms with E-state index in [2.05, 4.69) is 36.6 Å². The highest BCUT2D eigenvalue weighted by Gasteiger charge is 2.25. The minimum Gasteiger partial charge on any atom is -0.496 e. The number of piperazine rings is 1. The van der Waals surface area contributed by atoms with E-state index < -0.39 is 0 Å². The lowest BCUT2D eigenvalue weighted by Crippen LogP contribution is -2.50. The first-order chi connectivity index (χ1) is 18.4. The maximum atomic E-state index is 13.5. The van der Waals surface area contributed by atoms with Crippen LogP contribution in [0.3, 0.4) is 0 Å². The van der Waals surface area contributed by atoms with Gasteiger partial charge in [-0.25, -0.2) is 15.1 Å². The van der Waals surface area contributed by atoms with Crippen LogP contribution in [-0.2, 0) is 6.42 Å². The van der Waals surface area contributed by atoms with E-state index in [1.807, 2.05) is 48.2 Å². The Morgan fingerprint density at radius 1 is 1.13 bits per heavy atom. The van der Waals surface area contributed by atoms with Gasteiger partial charge in [-0.3, -0.25) is 9.59 Å². The van der Waals surface area contributed by atoms with Crippen LogP contribution < -0.4 is 21.0 Å². The summed E-state index contributed by atoms with van der Waals surface area (Å²) >= 11 is 0. The molecular weight excluding hydrogens is 482 g/mol. The molecule has 1 fully saturated rings. The normalized spacial score (nSPS) is 14.8. The molecule has 1 aliphatic heterocycles. The molecule has 1 saturated heterocycles. The van der Waals surface area contributed by atoms with E-state index in [9.17, 15) is 9.59 Å². The monoisotopic (exact) mass is 511 g/mol. The van der Waals surface area contributed by atoms with Crippen molar-refractivity contribution in [1.29, 1.82) is 0 Å². The number of aromatic amines is 2. The van der Waals surface area contributed by atoms with Gasteiger partial charge in [0, 0.05) is 38.0 Å².